The first kappa shape index (κ1) is 22.8. The van der Waals surface area contributed by atoms with E-state index in [0.29, 0.717) is 5.75 Å². The maximum atomic E-state index is 10.9. The molecule has 0 aliphatic rings. The van der Waals surface area contributed by atoms with Crippen LogP contribution in [0.25, 0.3) is 0 Å². The van der Waals surface area contributed by atoms with Gasteiger partial charge in [-0.3, -0.25) is 0 Å². The summed E-state index contributed by atoms with van der Waals surface area (Å²) in [7, 11) is -2.25. The van der Waals surface area contributed by atoms with E-state index in [2.05, 4.69) is 20.8 Å². The summed E-state index contributed by atoms with van der Waals surface area (Å²) < 4.78 is 5.01. The van der Waals surface area contributed by atoms with Crippen molar-refractivity contribution in [1.29, 1.82) is 0 Å². The monoisotopic (exact) mass is 328 g/mol. The molecule has 1 rings (SSSR count). The van der Waals surface area contributed by atoms with Gasteiger partial charge in [-0.25, -0.2) is 0 Å². The number of hydrogen-bond acceptors (Lipinski definition) is 3. The third-order valence-corrected chi connectivity index (χ3v) is 4.07. The quantitative estimate of drug-likeness (QED) is 0.586. The van der Waals surface area contributed by atoms with Gasteiger partial charge in [0.1, 0.15) is 7.32 Å². The first-order valence-electron chi connectivity index (χ1n) is 8.75. The van der Waals surface area contributed by atoms with Crippen LogP contribution >= 0.6 is 0 Å². The van der Waals surface area contributed by atoms with Crippen molar-refractivity contribution in [3.63, 3.8) is 0 Å². The number of unbranched alkanes of at least 4 members (excludes halogenated alkanes) is 3. The summed E-state index contributed by atoms with van der Waals surface area (Å²) in [4.78, 5) is 0. The maximum absolute atomic E-state index is 10.9. The Bertz CT molecular complexity index is 439. The second-order valence-corrected chi connectivity index (χ2v) is 5.90. The molecular weight excluding hydrogens is 299 g/mol. The fourth-order valence-electron chi connectivity index (χ4n) is 2.83. The Kier molecular flexibility index (Phi) is 13.0. The van der Waals surface area contributed by atoms with Crippen LogP contribution < -0.4 is 14.7 Å². The van der Waals surface area contributed by atoms with Gasteiger partial charge in [0.05, 0.1) is 5.75 Å². The van der Waals surface area contributed by atoms with Crippen molar-refractivity contribution in [2.75, 3.05) is 0 Å². The molecule has 0 aromatic heterocycles. The predicted octanol–water partition coefficient (Wildman–Crippen LogP) is 2.42. The summed E-state index contributed by atoms with van der Waals surface area (Å²) in [6, 6.07) is 3.88. The van der Waals surface area contributed by atoms with E-state index in [1.54, 1.807) is 0 Å². The summed E-state index contributed by atoms with van der Waals surface area (Å²) in [6.45, 7) is 6.53. The van der Waals surface area contributed by atoms with Gasteiger partial charge in [-0.1, -0.05) is 46.1 Å². The molecule has 3 nitrogen and oxygen atoms in total. The van der Waals surface area contributed by atoms with Crippen LogP contribution in [0.3, 0.4) is 0 Å². The fourth-order valence-corrected chi connectivity index (χ4v) is 2.83. The zero-order chi connectivity index (χ0) is 16.4. The molecule has 1 aromatic carbocycles. The molecule has 5 heteroatoms. The first-order chi connectivity index (χ1) is 10.6. The average Bonchev–Trinajstić information content (AvgIpc) is 2.50. The Morgan fingerprint density at radius 3 is 1.87 bits per heavy atom. The Labute approximate surface area is 158 Å². The van der Waals surface area contributed by atoms with Gasteiger partial charge in [0.25, 0.3) is 0 Å². The van der Waals surface area contributed by atoms with Crippen molar-refractivity contribution < 1.29 is 14.7 Å². The molecule has 0 saturated heterocycles. The Morgan fingerprint density at radius 2 is 1.35 bits per heavy atom. The SMILES string of the molecule is CCCCc1ccc(OB([O-])[O-])c(CCCC)c1CCCC.[Mg+2]. The maximum Gasteiger partial charge on any atom is 2.00 e. The van der Waals surface area contributed by atoms with Crippen molar-refractivity contribution in [3.05, 3.63) is 28.8 Å². The van der Waals surface area contributed by atoms with Crippen LogP contribution in [0.15, 0.2) is 12.1 Å². The van der Waals surface area contributed by atoms with E-state index in [1.165, 1.54) is 17.5 Å². The minimum absolute atomic E-state index is 0. The second-order valence-electron chi connectivity index (χ2n) is 5.90. The molecule has 0 aliphatic heterocycles. The Hall–Kier alpha value is -0.229. The Morgan fingerprint density at radius 1 is 0.826 bits per heavy atom. The van der Waals surface area contributed by atoms with Crippen LogP contribution in [-0.4, -0.2) is 30.4 Å². The van der Waals surface area contributed by atoms with Crippen LogP contribution in [0.5, 0.6) is 5.75 Å². The number of benzene rings is 1. The molecular formula is C18H29BMgO3. The first-order valence-corrected chi connectivity index (χ1v) is 8.75. The second kappa shape index (κ2) is 13.1. The number of hydrogen-bond donors (Lipinski definition) is 0. The van der Waals surface area contributed by atoms with E-state index in [0.717, 1.165) is 56.9 Å². The molecule has 0 heterocycles. The number of aryl methyl sites for hydroxylation is 1. The molecule has 0 fully saturated rings. The number of rotatable bonds is 11. The van der Waals surface area contributed by atoms with E-state index in [4.69, 9.17) is 4.65 Å². The molecule has 0 unspecified atom stereocenters. The van der Waals surface area contributed by atoms with Crippen molar-refractivity contribution in [2.24, 2.45) is 0 Å². The van der Waals surface area contributed by atoms with Gasteiger partial charge in [0.15, 0.2) is 0 Å². The fraction of sp³-hybridized carbons (Fsp3) is 0.667. The van der Waals surface area contributed by atoms with Crippen molar-refractivity contribution in [1.82, 2.24) is 0 Å². The molecule has 0 amide bonds. The molecule has 0 spiro atoms. The van der Waals surface area contributed by atoms with Crippen LogP contribution in [0.4, 0.5) is 0 Å². The summed E-state index contributed by atoms with van der Waals surface area (Å²) >= 11 is 0. The normalized spacial score (nSPS) is 10.3. The molecule has 0 aliphatic carbocycles. The van der Waals surface area contributed by atoms with Crippen molar-refractivity contribution in [3.8, 4) is 5.75 Å². The third kappa shape index (κ3) is 7.92. The van der Waals surface area contributed by atoms with E-state index >= 15 is 0 Å². The molecule has 23 heavy (non-hydrogen) atoms. The standard InChI is InChI=1S/C18H29BO3.Mg/c1-4-7-10-15-13-14-18(22-19(20)21)17(12-9-6-3)16(15)11-8-5-2;/h13-14H,4-12H2,1-3H3;/q-2;+2. The van der Waals surface area contributed by atoms with Crippen LogP contribution in [0, 0.1) is 0 Å². The summed E-state index contributed by atoms with van der Waals surface area (Å²) in [5.74, 6) is 0.509. The van der Waals surface area contributed by atoms with Gasteiger partial charge in [-0.15, -0.1) is 0 Å². The van der Waals surface area contributed by atoms with Crippen LogP contribution in [0.2, 0.25) is 0 Å². The van der Waals surface area contributed by atoms with E-state index in [1.807, 2.05) is 12.1 Å². The molecule has 0 atom stereocenters. The van der Waals surface area contributed by atoms with Crippen LogP contribution in [0.1, 0.15) is 76.0 Å². The topological polar surface area (TPSA) is 55.3 Å². The summed E-state index contributed by atoms with van der Waals surface area (Å²) in [5.41, 5.74) is 3.78. The van der Waals surface area contributed by atoms with Gasteiger partial charge < -0.3 is 14.7 Å². The summed E-state index contributed by atoms with van der Waals surface area (Å²) in [6.07, 6.45) is 9.69. The van der Waals surface area contributed by atoms with Crippen molar-refractivity contribution in [2.45, 2.75) is 78.6 Å². The molecule has 0 saturated carbocycles. The molecule has 1 aromatic rings. The zero-order valence-electron chi connectivity index (χ0n) is 15.0. The smallest absolute Gasteiger partial charge is 0.860 e. The van der Waals surface area contributed by atoms with E-state index in [9.17, 15) is 10.0 Å². The summed E-state index contributed by atoms with van der Waals surface area (Å²) in [5, 5.41) is 21.9. The van der Waals surface area contributed by atoms with Crippen molar-refractivity contribution >= 4 is 30.4 Å². The van der Waals surface area contributed by atoms with Gasteiger partial charge in [-0.2, -0.15) is 0 Å². The Balaban J connectivity index is 0.00000484. The van der Waals surface area contributed by atoms with Gasteiger partial charge >= 0.3 is 23.1 Å². The largest absolute Gasteiger partial charge is 2.00 e. The molecule has 0 N–H and O–H groups in total. The average molecular weight is 329 g/mol. The molecule has 124 valence electrons. The van der Waals surface area contributed by atoms with Gasteiger partial charge in [0.2, 0.25) is 0 Å². The third-order valence-electron chi connectivity index (χ3n) is 4.07. The molecule has 0 bridgehead atoms. The van der Waals surface area contributed by atoms with E-state index in [-0.39, 0.29) is 23.1 Å². The van der Waals surface area contributed by atoms with Gasteiger partial charge in [0, 0.05) is 0 Å². The molecule has 0 radical (unpaired) electrons. The van der Waals surface area contributed by atoms with E-state index < -0.39 is 7.32 Å². The zero-order valence-corrected chi connectivity index (χ0v) is 16.4. The van der Waals surface area contributed by atoms with Gasteiger partial charge in [-0.05, 0) is 61.3 Å². The minimum atomic E-state index is -2.25. The van der Waals surface area contributed by atoms with Crippen LogP contribution in [-0.2, 0) is 19.3 Å². The minimum Gasteiger partial charge on any atom is -0.860 e. The predicted molar refractivity (Wildman–Crippen MR) is 94.4 cm³/mol.